The second-order valence-electron chi connectivity index (χ2n) is 4.94. The Labute approximate surface area is 123 Å². The molecular formula is C16H17N3O2. The van der Waals surface area contributed by atoms with Crippen LogP contribution in [0.3, 0.4) is 0 Å². The predicted molar refractivity (Wildman–Crippen MR) is 79.9 cm³/mol. The second kappa shape index (κ2) is 6.37. The van der Waals surface area contributed by atoms with Crippen LogP contribution < -0.4 is 10.6 Å². The number of carbonyl (C=O) groups is 1. The molecule has 3 rings (SSSR count). The molecule has 2 N–H and O–H groups in total. The molecule has 5 nitrogen and oxygen atoms in total. The summed E-state index contributed by atoms with van der Waals surface area (Å²) in [7, 11) is 0. The number of carbonyl (C=O) groups excluding carboxylic acids is 1. The largest absolute Gasteiger partial charge is 0.371 e. The van der Waals surface area contributed by atoms with Crippen molar-refractivity contribution in [2.45, 2.75) is 18.6 Å². The molecule has 1 fully saturated rings. The van der Waals surface area contributed by atoms with Crippen LogP contribution in [0, 0.1) is 0 Å². The molecule has 0 aliphatic carbocycles. The monoisotopic (exact) mass is 283 g/mol. The number of pyridine rings is 1. The molecule has 0 spiro atoms. The van der Waals surface area contributed by atoms with Gasteiger partial charge < -0.3 is 15.4 Å². The molecular weight excluding hydrogens is 266 g/mol. The van der Waals surface area contributed by atoms with Crippen LogP contribution in [0.2, 0.25) is 0 Å². The summed E-state index contributed by atoms with van der Waals surface area (Å²) in [4.78, 5) is 16.0. The van der Waals surface area contributed by atoms with Gasteiger partial charge in [-0.3, -0.25) is 4.98 Å². The molecule has 2 heterocycles. The molecule has 1 saturated heterocycles. The molecule has 1 aromatic heterocycles. The van der Waals surface area contributed by atoms with Crippen molar-refractivity contribution >= 4 is 11.7 Å². The average molecular weight is 283 g/mol. The topological polar surface area (TPSA) is 63.2 Å². The van der Waals surface area contributed by atoms with Gasteiger partial charge in [-0.2, -0.15) is 0 Å². The Morgan fingerprint density at radius 2 is 2.05 bits per heavy atom. The summed E-state index contributed by atoms with van der Waals surface area (Å²) in [5.74, 6) is 0. The normalized spacial score (nSPS) is 21.0. The molecule has 2 atom stereocenters. The highest BCUT2D eigenvalue weighted by molar-refractivity contribution is 5.89. The number of urea groups is 1. The average Bonchev–Trinajstić information content (AvgIpc) is 2.97. The molecule has 1 aliphatic rings. The number of anilines is 1. The van der Waals surface area contributed by atoms with Crippen LogP contribution in [-0.2, 0) is 4.74 Å². The van der Waals surface area contributed by atoms with Crippen molar-refractivity contribution < 1.29 is 9.53 Å². The number of rotatable bonds is 3. The molecule has 1 aromatic carbocycles. The Morgan fingerprint density at radius 1 is 1.19 bits per heavy atom. The number of aromatic nitrogens is 1. The van der Waals surface area contributed by atoms with Gasteiger partial charge in [-0.05, 0) is 24.1 Å². The molecule has 108 valence electrons. The lowest BCUT2D eigenvalue weighted by Gasteiger charge is -2.20. The van der Waals surface area contributed by atoms with Crippen molar-refractivity contribution in [2.75, 3.05) is 11.9 Å². The Balaban J connectivity index is 1.62. The molecule has 0 radical (unpaired) electrons. The fourth-order valence-electron chi connectivity index (χ4n) is 2.48. The van der Waals surface area contributed by atoms with E-state index >= 15 is 0 Å². The quantitative estimate of drug-likeness (QED) is 0.910. The maximum absolute atomic E-state index is 12.0. The van der Waals surface area contributed by atoms with Gasteiger partial charge in [-0.25, -0.2) is 4.79 Å². The predicted octanol–water partition coefficient (Wildman–Crippen LogP) is 2.73. The number of nitrogens with one attached hydrogen (secondary N) is 2. The fourth-order valence-corrected chi connectivity index (χ4v) is 2.48. The molecule has 21 heavy (non-hydrogen) atoms. The van der Waals surface area contributed by atoms with Crippen LogP contribution in [-0.4, -0.2) is 23.7 Å². The third kappa shape index (κ3) is 3.38. The summed E-state index contributed by atoms with van der Waals surface area (Å²) in [5.41, 5.74) is 1.76. The number of hydrogen-bond acceptors (Lipinski definition) is 3. The molecule has 2 amide bonds. The summed E-state index contributed by atoms with van der Waals surface area (Å²) in [5, 5.41) is 5.75. The Morgan fingerprint density at radius 3 is 2.81 bits per heavy atom. The minimum Gasteiger partial charge on any atom is -0.371 e. The van der Waals surface area contributed by atoms with E-state index in [1.807, 2.05) is 30.3 Å². The van der Waals surface area contributed by atoms with Gasteiger partial charge in [-0.15, -0.1) is 0 Å². The van der Waals surface area contributed by atoms with E-state index in [2.05, 4.69) is 15.6 Å². The van der Waals surface area contributed by atoms with Crippen LogP contribution in [0.25, 0.3) is 0 Å². The summed E-state index contributed by atoms with van der Waals surface area (Å²) in [6, 6.07) is 13.3. The van der Waals surface area contributed by atoms with E-state index in [4.69, 9.17) is 4.74 Å². The SMILES string of the molecule is O=C(Nc1cccnc1)NC1CCOC1c1ccccc1. The van der Waals surface area contributed by atoms with Gasteiger partial charge in [0.2, 0.25) is 0 Å². The zero-order chi connectivity index (χ0) is 14.5. The van der Waals surface area contributed by atoms with Gasteiger partial charge in [-0.1, -0.05) is 30.3 Å². The first-order valence-electron chi connectivity index (χ1n) is 6.97. The minimum absolute atomic E-state index is 0.0240. The van der Waals surface area contributed by atoms with Gasteiger partial charge in [0.05, 0.1) is 17.9 Å². The highest BCUT2D eigenvalue weighted by Crippen LogP contribution is 2.28. The van der Waals surface area contributed by atoms with Gasteiger partial charge in [0.1, 0.15) is 6.10 Å². The molecule has 0 bridgehead atoms. The molecule has 5 heteroatoms. The maximum Gasteiger partial charge on any atom is 0.319 e. The van der Waals surface area contributed by atoms with Crippen molar-refractivity contribution in [1.82, 2.24) is 10.3 Å². The molecule has 2 unspecified atom stereocenters. The third-order valence-electron chi connectivity index (χ3n) is 3.46. The number of ether oxygens (including phenoxy) is 1. The highest BCUT2D eigenvalue weighted by Gasteiger charge is 2.30. The van der Waals surface area contributed by atoms with Crippen molar-refractivity contribution in [3.05, 3.63) is 60.4 Å². The zero-order valence-electron chi connectivity index (χ0n) is 11.5. The number of amides is 2. The Bertz CT molecular complexity index is 589. The van der Waals surface area contributed by atoms with E-state index in [0.717, 1.165) is 12.0 Å². The lowest BCUT2D eigenvalue weighted by molar-refractivity contribution is 0.100. The van der Waals surface area contributed by atoms with Crippen molar-refractivity contribution in [2.24, 2.45) is 0 Å². The number of hydrogen-bond donors (Lipinski definition) is 2. The van der Waals surface area contributed by atoms with E-state index in [0.29, 0.717) is 12.3 Å². The smallest absolute Gasteiger partial charge is 0.319 e. The van der Waals surface area contributed by atoms with Crippen LogP contribution in [0.5, 0.6) is 0 Å². The summed E-state index contributed by atoms with van der Waals surface area (Å²) in [6.07, 6.45) is 3.99. The Kier molecular flexibility index (Phi) is 4.12. The van der Waals surface area contributed by atoms with Crippen molar-refractivity contribution in [1.29, 1.82) is 0 Å². The molecule has 0 saturated carbocycles. The van der Waals surface area contributed by atoms with Gasteiger partial charge in [0.15, 0.2) is 0 Å². The van der Waals surface area contributed by atoms with Gasteiger partial charge in [0, 0.05) is 12.8 Å². The molecule has 2 aromatic rings. The summed E-state index contributed by atoms with van der Waals surface area (Å²) >= 11 is 0. The highest BCUT2D eigenvalue weighted by atomic mass is 16.5. The summed E-state index contributed by atoms with van der Waals surface area (Å²) in [6.45, 7) is 0.650. The minimum atomic E-state index is -0.237. The van der Waals surface area contributed by atoms with Gasteiger partial charge in [0.25, 0.3) is 0 Å². The first-order chi connectivity index (χ1) is 10.3. The van der Waals surface area contributed by atoms with E-state index in [-0.39, 0.29) is 18.2 Å². The van der Waals surface area contributed by atoms with Crippen molar-refractivity contribution in [3.63, 3.8) is 0 Å². The van der Waals surface area contributed by atoms with Crippen LogP contribution in [0.15, 0.2) is 54.9 Å². The standard InChI is InChI=1S/C16H17N3O2/c20-16(18-13-7-4-9-17-11-13)19-14-8-10-21-15(14)12-5-2-1-3-6-12/h1-7,9,11,14-15H,8,10H2,(H2,18,19,20). The summed E-state index contributed by atoms with van der Waals surface area (Å²) < 4.78 is 5.75. The third-order valence-corrected chi connectivity index (χ3v) is 3.46. The lowest BCUT2D eigenvalue weighted by atomic mass is 10.0. The van der Waals surface area contributed by atoms with Crippen molar-refractivity contribution in [3.8, 4) is 0 Å². The van der Waals surface area contributed by atoms with E-state index in [9.17, 15) is 4.79 Å². The number of nitrogens with zero attached hydrogens (tertiary/aromatic N) is 1. The Hall–Kier alpha value is -2.40. The zero-order valence-corrected chi connectivity index (χ0v) is 11.5. The number of benzene rings is 1. The van der Waals surface area contributed by atoms with E-state index in [1.54, 1.807) is 24.5 Å². The lowest BCUT2D eigenvalue weighted by Crippen LogP contribution is -2.39. The van der Waals surface area contributed by atoms with Crippen LogP contribution in [0.1, 0.15) is 18.1 Å². The first kappa shape index (κ1) is 13.6. The maximum atomic E-state index is 12.0. The fraction of sp³-hybridized carbons (Fsp3) is 0.250. The molecule has 1 aliphatic heterocycles. The van der Waals surface area contributed by atoms with E-state index in [1.165, 1.54) is 0 Å². The van der Waals surface area contributed by atoms with Crippen LogP contribution in [0.4, 0.5) is 10.5 Å². The van der Waals surface area contributed by atoms with E-state index < -0.39 is 0 Å². The first-order valence-corrected chi connectivity index (χ1v) is 6.97. The van der Waals surface area contributed by atoms with Gasteiger partial charge >= 0.3 is 6.03 Å². The second-order valence-corrected chi connectivity index (χ2v) is 4.94. The van der Waals surface area contributed by atoms with Crippen LogP contribution >= 0.6 is 0 Å².